The number of rotatable bonds is 5. The molecule has 0 spiro atoms. The van der Waals surface area contributed by atoms with Gasteiger partial charge in [0.25, 0.3) is 0 Å². The van der Waals surface area contributed by atoms with Crippen molar-refractivity contribution in [1.29, 1.82) is 0 Å². The van der Waals surface area contributed by atoms with Gasteiger partial charge in [0.15, 0.2) is 5.11 Å². The number of nitrogens with one attached hydrogen (secondary N) is 2. The zero-order valence-corrected chi connectivity index (χ0v) is 13.4. The lowest BCUT2D eigenvalue weighted by Crippen LogP contribution is -2.41. The minimum Gasteiger partial charge on any atom is -0.356 e. The van der Waals surface area contributed by atoms with Crippen molar-refractivity contribution in [2.45, 2.75) is 51.5 Å². The van der Waals surface area contributed by atoms with E-state index in [1.54, 1.807) is 0 Å². The van der Waals surface area contributed by atoms with E-state index in [1.165, 1.54) is 31.2 Å². The number of carbonyl (C=O) groups is 1. The van der Waals surface area contributed by atoms with E-state index < -0.39 is 0 Å². The van der Waals surface area contributed by atoms with E-state index in [0.717, 1.165) is 6.42 Å². The molecule has 0 bridgehead atoms. The Morgan fingerprint density at radius 1 is 1.29 bits per heavy atom. The molecule has 21 heavy (non-hydrogen) atoms. The Morgan fingerprint density at radius 2 is 1.95 bits per heavy atom. The summed E-state index contributed by atoms with van der Waals surface area (Å²) in [4.78, 5) is 12.0. The minimum atomic E-state index is 0.0438. The van der Waals surface area contributed by atoms with E-state index in [4.69, 9.17) is 12.2 Å². The van der Waals surface area contributed by atoms with Crippen molar-refractivity contribution in [2.24, 2.45) is 5.92 Å². The predicted molar refractivity (Wildman–Crippen MR) is 89.9 cm³/mol. The van der Waals surface area contributed by atoms with Crippen molar-refractivity contribution in [3.05, 3.63) is 35.9 Å². The van der Waals surface area contributed by atoms with Crippen LogP contribution < -0.4 is 10.6 Å². The Labute approximate surface area is 132 Å². The molecular formula is C17H24N2OS. The third-order valence-electron chi connectivity index (χ3n) is 4.12. The Morgan fingerprint density at radius 3 is 2.57 bits per heavy atom. The molecule has 1 fully saturated rings. The Bertz CT molecular complexity index is 469. The summed E-state index contributed by atoms with van der Waals surface area (Å²) in [5.41, 5.74) is 1.19. The van der Waals surface area contributed by atoms with Crippen molar-refractivity contribution in [2.75, 3.05) is 0 Å². The topological polar surface area (TPSA) is 41.1 Å². The summed E-state index contributed by atoms with van der Waals surface area (Å²) in [6.45, 7) is 2.10. The fourth-order valence-corrected chi connectivity index (χ4v) is 3.21. The van der Waals surface area contributed by atoms with Crippen LogP contribution in [0.5, 0.6) is 0 Å². The lowest BCUT2D eigenvalue weighted by atomic mass is 10.0. The number of benzene rings is 1. The van der Waals surface area contributed by atoms with Crippen molar-refractivity contribution in [3.8, 4) is 0 Å². The summed E-state index contributed by atoms with van der Waals surface area (Å²) in [5, 5.41) is 6.50. The standard InChI is InChI=1S/C17H24N2OS/c1-2-15(14-10-4-3-5-11-14)18-17(21)19-16(20)12-13-8-6-7-9-13/h3-5,10-11,13,15H,2,6-9,12H2,1H3,(H2,18,19,20,21). The van der Waals surface area contributed by atoms with Crippen LogP contribution >= 0.6 is 12.2 Å². The smallest absolute Gasteiger partial charge is 0.226 e. The fraction of sp³-hybridized carbons (Fsp3) is 0.529. The molecule has 1 saturated carbocycles. The molecule has 1 amide bonds. The fourth-order valence-electron chi connectivity index (χ4n) is 2.96. The van der Waals surface area contributed by atoms with Gasteiger partial charge < -0.3 is 10.6 Å². The summed E-state index contributed by atoms with van der Waals surface area (Å²) >= 11 is 5.27. The van der Waals surface area contributed by atoms with Crippen LogP contribution in [0.3, 0.4) is 0 Å². The molecule has 4 heteroatoms. The van der Waals surface area contributed by atoms with Gasteiger partial charge in [0.2, 0.25) is 5.91 Å². The van der Waals surface area contributed by atoms with Gasteiger partial charge in [0.1, 0.15) is 0 Å². The monoisotopic (exact) mass is 304 g/mol. The highest BCUT2D eigenvalue weighted by Gasteiger charge is 2.19. The van der Waals surface area contributed by atoms with Crippen LogP contribution in [0.15, 0.2) is 30.3 Å². The molecule has 0 saturated heterocycles. The third-order valence-corrected chi connectivity index (χ3v) is 4.34. The first-order valence-corrected chi connectivity index (χ1v) is 8.25. The average Bonchev–Trinajstić information content (AvgIpc) is 2.98. The van der Waals surface area contributed by atoms with Crippen LogP contribution in [0.2, 0.25) is 0 Å². The second-order valence-electron chi connectivity index (χ2n) is 5.75. The van der Waals surface area contributed by atoms with E-state index in [0.29, 0.717) is 17.5 Å². The van der Waals surface area contributed by atoms with E-state index >= 15 is 0 Å². The minimum absolute atomic E-state index is 0.0438. The van der Waals surface area contributed by atoms with Crippen LogP contribution in [-0.4, -0.2) is 11.0 Å². The van der Waals surface area contributed by atoms with Gasteiger partial charge in [0, 0.05) is 6.42 Å². The number of amides is 1. The first-order valence-electron chi connectivity index (χ1n) is 7.84. The van der Waals surface area contributed by atoms with Crippen molar-refractivity contribution >= 4 is 23.2 Å². The first kappa shape index (κ1) is 16.0. The highest BCUT2D eigenvalue weighted by Crippen LogP contribution is 2.27. The van der Waals surface area contributed by atoms with Crippen molar-refractivity contribution in [1.82, 2.24) is 10.6 Å². The van der Waals surface area contributed by atoms with Crippen LogP contribution in [0.4, 0.5) is 0 Å². The lowest BCUT2D eigenvalue weighted by molar-refractivity contribution is -0.120. The summed E-state index contributed by atoms with van der Waals surface area (Å²) in [5.74, 6) is 0.589. The molecule has 114 valence electrons. The molecule has 2 N–H and O–H groups in total. The molecule has 1 unspecified atom stereocenters. The molecule has 1 aromatic carbocycles. The number of thiocarbonyl (C=S) groups is 1. The molecule has 1 aliphatic rings. The van der Waals surface area contributed by atoms with Gasteiger partial charge in [-0.05, 0) is 43.0 Å². The van der Waals surface area contributed by atoms with E-state index in [1.807, 2.05) is 18.2 Å². The van der Waals surface area contributed by atoms with Gasteiger partial charge in [-0.3, -0.25) is 4.79 Å². The molecule has 1 atom stereocenters. The number of hydrogen-bond donors (Lipinski definition) is 2. The number of carbonyl (C=O) groups excluding carboxylic acids is 1. The molecular weight excluding hydrogens is 280 g/mol. The SMILES string of the molecule is CCC(NC(=S)NC(=O)CC1CCCC1)c1ccccc1. The first-order chi connectivity index (χ1) is 10.2. The largest absolute Gasteiger partial charge is 0.356 e. The lowest BCUT2D eigenvalue weighted by Gasteiger charge is -2.20. The maximum absolute atomic E-state index is 12.0. The van der Waals surface area contributed by atoms with Gasteiger partial charge in [-0.2, -0.15) is 0 Å². The van der Waals surface area contributed by atoms with Crippen LogP contribution in [0, 0.1) is 5.92 Å². The highest BCUT2D eigenvalue weighted by molar-refractivity contribution is 7.80. The van der Waals surface area contributed by atoms with E-state index in [2.05, 4.69) is 29.7 Å². The van der Waals surface area contributed by atoms with Crippen molar-refractivity contribution < 1.29 is 4.79 Å². The molecule has 0 aromatic heterocycles. The van der Waals surface area contributed by atoms with Crippen LogP contribution in [0.1, 0.15) is 57.1 Å². The van der Waals surface area contributed by atoms with Gasteiger partial charge in [-0.1, -0.05) is 50.1 Å². The predicted octanol–water partition coefficient (Wildman–Crippen LogP) is 3.71. The van der Waals surface area contributed by atoms with Crippen molar-refractivity contribution in [3.63, 3.8) is 0 Å². The highest BCUT2D eigenvalue weighted by atomic mass is 32.1. The molecule has 2 rings (SSSR count). The molecule has 0 heterocycles. The molecule has 0 radical (unpaired) electrons. The van der Waals surface area contributed by atoms with Gasteiger partial charge in [-0.25, -0.2) is 0 Å². The zero-order chi connectivity index (χ0) is 15.1. The second kappa shape index (κ2) is 8.13. The van der Waals surface area contributed by atoms with E-state index in [9.17, 15) is 4.79 Å². The summed E-state index contributed by atoms with van der Waals surface area (Å²) in [7, 11) is 0. The normalized spacial score (nSPS) is 16.4. The summed E-state index contributed by atoms with van der Waals surface area (Å²) in [6.07, 6.45) is 6.39. The van der Waals surface area contributed by atoms with Gasteiger partial charge in [-0.15, -0.1) is 0 Å². The van der Waals surface area contributed by atoms with E-state index in [-0.39, 0.29) is 11.9 Å². The Hall–Kier alpha value is -1.42. The third kappa shape index (κ3) is 5.12. The Kier molecular flexibility index (Phi) is 6.18. The number of hydrogen-bond acceptors (Lipinski definition) is 2. The summed E-state index contributed by atoms with van der Waals surface area (Å²) in [6, 6.07) is 10.3. The zero-order valence-electron chi connectivity index (χ0n) is 12.6. The van der Waals surface area contributed by atoms with Crippen LogP contribution in [0.25, 0.3) is 0 Å². The Balaban J connectivity index is 1.81. The van der Waals surface area contributed by atoms with Gasteiger partial charge in [0.05, 0.1) is 6.04 Å². The molecule has 0 aliphatic heterocycles. The molecule has 1 aromatic rings. The molecule has 3 nitrogen and oxygen atoms in total. The molecule has 1 aliphatic carbocycles. The van der Waals surface area contributed by atoms with Gasteiger partial charge >= 0.3 is 0 Å². The maximum Gasteiger partial charge on any atom is 0.226 e. The summed E-state index contributed by atoms with van der Waals surface area (Å²) < 4.78 is 0. The quantitative estimate of drug-likeness (QED) is 0.815. The average molecular weight is 304 g/mol. The second-order valence-corrected chi connectivity index (χ2v) is 6.16. The maximum atomic E-state index is 12.0. The van der Waals surface area contributed by atoms with Crippen LogP contribution in [-0.2, 0) is 4.79 Å².